The van der Waals surface area contributed by atoms with E-state index < -0.39 is 0 Å². The smallest absolute Gasteiger partial charge is 0.224 e. The number of benzene rings is 1. The normalized spacial score (nSPS) is 10.7. The number of rotatable bonds is 6. The average molecular weight is 441 g/mol. The molecule has 6 nitrogen and oxygen atoms in total. The third-order valence-corrected chi connectivity index (χ3v) is 4.62. The van der Waals surface area contributed by atoms with Crippen LogP contribution in [-0.2, 0) is 0 Å². The molecule has 0 saturated heterocycles. The molecule has 27 heavy (non-hydrogen) atoms. The summed E-state index contributed by atoms with van der Waals surface area (Å²) in [6.45, 7) is 1.93. The minimum Gasteiger partial charge on any atom is -0.439 e. The lowest BCUT2D eigenvalue weighted by atomic mass is 10.2. The van der Waals surface area contributed by atoms with E-state index in [-0.39, 0.29) is 0 Å². The van der Waals surface area contributed by atoms with Crippen molar-refractivity contribution in [3.05, 3.63) is 46.2 Å². The van der Waals surface area contributed by atoms with Gasteiger partial charge in [-0.2, -0.15) is 9.97 Å². The van der Waals surface area contributed by atoms with Crippen molar-refractivity contribution in [1.82, 2.24) is 19.9 Å². The topological polar surface area (TPSA) is 70.0 Å². The van der Waals surface area contributed by atoms with Crippen LogP contribution in [0.4, 0.5) is 0 Å². The Morgan fingerprint density at radius 2 is 1.15 bits per heavy atom. The zero-order chi connectivity index (χ0) is 19.4. The Kier molecular flexibility index (Phi) is 6.64. The maximum Gasteiger partial charge on any atom is 0.224 e. The van der Waals surface area contributed by atoms with Crippen molar-refractivity contribution in [3.63, 3.8) is 0 Å². The number of hydrogen-bond acceptors (Lipinski definition) is 8. The maximum atomic E-state index is 6.01. The molecule has 0 bridgehead atoms. The summed E-state index contributed by atoms with van der Waals surface area (Å²) >= 11 is 14.8. The number of nitrogens with zero attached hydrogens (tertiary/aromatic N) is 4. The minimum atomic E-state index is 0.314. The van der Waals surface area contributed by atoms with Crippen LogP contribution in [0.15, 0.2) is 40.6 Å². The summed E-state index contributed by atoms with van der Waals surface area (Å²) in [7, 11) is 0. The number of aryl methyl sites for hydroxylation is 1. The molecule has 0 aliphatic carbocycles. The van der Waals surface area contributed by atoms with Crippen molar-refractivity contribution in [2.24, 2.45) is 0 Å². The van der Waals surface area contributed by atoms with Crippen LogP contribution in [-0.4, -0.2) is 32.4 Å². The van der Waals surface area contributed by atoms with Gasteiger partial charge in [-0.25, -0.2) is 9.97 Å². The SMILES string of the molecule is CSc1nc(Cl)cc(Oc2cc(C)cc(Oc3cc(Cl)nc(SC)n3)c2)n1. The zero-order valence-corrected chi connectivity index (χ0v) is 17.7. The summed E-state index contributed by atoms with van der Waals surface area (Å²) in [6.07, 6.45) is 3.73. The molecule has 0 atom stereocenters. The van der Waals surface area contributed by atoms with Crippen molar-refractivity contribution >= 4 is 46.7 Å². The van der Waals surface area contributed by atoms with E-state index in [0.29, 0.717) is 43.9 Å². The van der Waals surface area contributed by atoms with Crippen LogP contribution in [0.25, 0.3) is 0 Å². The van der Waals surface area contributed by atoms with E-state index in [0.717, 1.165) is 5.56 Å². The number of thioether (sulfide) groups is 2. The molecular weight excluding hydrogens is 427 g/mol. The Morgan fingerprint density at radius 3 is 1.56 bits per heavy atom. The quantitative estimate of drug-likeness (QED) is 0.266. The highest BCUT2D eigenvalue weighted by atomic mass is 35.5. The first-order valence-electron chi connectivity index (χ1n) is 7.59. The molecule has 2 aromatic heterocycles. The van der Waals surface area contributed by atoms with Crippen LogP contribution in [0.1, 0.15) is 5.56 Å². The van der Waals surface area contributed by atoms with Gasteiger partial charge >= 0.3 is 0 Å². The summed E-state index contributed by atoms with van der Waals surface area (Å²) in [5.74, 6) is 1.81. The van der Waals surface area contributed by atoms with Gasteiger partial charge in [-0.15, -0.1) is 0 Å². The molecule has 0 N–H and O–H groups in total. The molecule has 0 saturated carbocycles. The molecule has 3 aromatic rings. The Labute approximate surface area is 175 Å². The van der Waals surface area contributed by atoms with Gasteiger partial charge in [-0.05, 0) is 37.1 Å². The first-order valence-corrected chi connectivity index (χ1v) is 10.8. The monoisotopic (exact) mass is 440 g/mol. The van der Waals surface area contributed by atoms with Gasteiger partial charge < -0.3 is 9.47 Å². The van der Waals surface area contributed by atoms with Gasteiger partial charge in [0.15, 0.2) is 10.3 Å². The fraction of sp³-hybridized carbons (Fsp3) is 0.176. The van der Waals surface area contributed by atoms with Crippen molar-refractivity contribution in [2.75, 3.05) is 12.5 Å². The standard InChI is InChI=1S/C17H14Cl2N4O2S2/c1-9-4-10(24-14-7-12(18)20-16(22-14)26-2)6-11(5-9)25-15-8-13(19)21-17(23-15)27-3/h4-8H,1-3H3. The van der Waals surface area contributed by atoms with Crippen molar-refractivity contribution < 1.29 is 9.47 Å². The molecule has 0 aliphatic heterocycles. The molecule has 1 aromatic carbocycles. The molecule has 0 radical (unpaired) electrons. The lowest BCUT2D eigenvalue weighted by Crippen LogP contribution is -1.95. The highest BCUT2D eigenvalue weighted by Gasteiger charge is 2.09. The molecule has 10 heteroatoms. The van der Waals surface area contributed by atoms with E-state index in [1.54, 1.807) is 18.2 Å². The highest BCUT2D eigenvalue weighted by molar-refractivity contribution is 7.98. The minimum absolute atomic E-state index is 0.314. The van der Waals surface area contributed by atoms with E-state index in [1.165, 1.54) is 23.5 Å². The van der Waals surface area contributed by atoms with Crippen molar-refractivity contribution in [1.29, 1.82) is 0 Å². The van der Waals surface area contributed by atoms with Crippen LogP contribution in [0.2, 0.25) is 10.3 Å². The van der Waals surface area contributed by atoms with Crippen LogP contribution in [0, 0.1) is 6.92 Å². The summed E-state index contributed by atoms with van der Waals surface area (Å²) in [5, 5.41) is 1.69. The van der Waals surface area contributed by atoms with Crippen LogP contribution in [0.5, 0.6) is 23.3 Å². The number of aromatic nitrogens is 4. The predicted molar refractivity (Wildman–Crippen MR) is 109 cm³/mol. The van der Waals surface area contributed by atoms with E-state index in [2.05, 4.69) is 19.9 Å². The van der Waals surface area contributed by atoms with Gasteiger partial charge in [0.1, 0.15) is 21.8 Å². The van der Waals surface area contributed by atoms with Gasteiger partial charge in [-0.3, -0.25) is 0 Å². The second kappa shape index (κ2) is 8.97. The second-order valence-electron chi connectivity index (χ2n) is 5.22. The van der Waals surface area contributed by atoms with Crippen LogP contribution < -0.4 is 9.47 Å². The summed E-state index contributed by atoms with van der Waals surface area (Å²) in [4.78, 5) is 16.8. The second-order valence-corrected chi connectivity index (χ2v) is 7.54. The lowest BCUT2D eigenvalue weighted by molar-refractivity contribution is 0.435. The van der Waals surface area contributed by atoms with E-state index in [4.69, 9.17) is 32.7 Å². The summed E-state index contributed by atoms with van der Waals surface area (Å²) < 4.78 is 11.7. The van der Waals surface area contributed by atoms with Gasteiger partial charge in [0.25, 0.3) is 0 Å². The fourth-order valence-electron chi connectivity index (χ4n) is 2.11. The molecule has 2 heterocycles. The summed E-state index contributed by atoms with van der Waals surface area (Å²) in [6, 6.07) is 8.57. The Hall–Kier alpha value is -1.74. The number of ether oxygens (including phenoxy) is 2. The van der Waals surface area contributed by atoms with E-state index in [1.807, 2.05) is 31.6 Å². The van der Waals surface area contributed by atoms with Crippen molar-refractivity contribution in [2.45, 2.75) is 17.2 Å². The number of halogens is 2. The molecule has 0 fully saturated rings. The third-order valence-electron chi connectivity index (χ3n) is 3.14. The van der Waals surface area contributed by atoms with Crippen LogP contribution >= 0.6 is 46.7 Å². The third kappa shape index (κ3) is 5.62. The van der Waals surface area contributed by atoms with Gasteiger partial charge in [0.05, 0.1) is 0 Å². The Balaban J connectivity index is 1.86. The first kappa shape index (κ1) is 20.0. The fourth-order valence-corrected chi connectivity index (χ4v) is 3.30. The first-order chi connectivity index (χ1) is 12.9. The molecule has 0 spiro atoms. The zero-order valence-electron chi connectivity index (χ0n) is 14.6. The molecule has 0 unspecified atom stereocenters. The van der Waals surface area contributed by atoms with Crippen molar-refractivity contribution in [3.8, 4) is 23.3 Å². The Morgan fingerprint density at radius 1 is 0.704 bits per heavy atom. The number of hydrogen-bond donors (Lipinski definition) is 0. The molecule has 0 amide bonds. The largest absolute Gasteiger partial charge is 0.439 e. The average Bonchev–Trinajstić information content (AvgIpc) is 2.60. The van der Waals surface area contributed by atoms with Gasteiger partial charge in [0, 0.05) is 18.2 Å². The lowest BCUT2D eigenvalue weighted by Gasteiger charge is -2.11. The van der Waals surface area contributed by atoms with E-state index in [9.17, 15) is 0 Å². The molecule has 3 rings (SSSR count). The Bertz CT molecular complexity index is 902. The predicted octanol–water partition coefficient (Wildman–Crippen LogP) is 5.91. The van der Waals surface area contributed by atoms with E-state index >= 15 is 0 Å². The van der Waals surface area contributed by atoms with Gasteiger partial charge in [0.2, 0.25) is 11.8 Å². The summed E-state index contributed by atoms with van der Waals surface area (Å²) in [5.41, 5.74) is 0.943. The molecular formula is C17H14Cl2N4O2S2. The highest BCUT2D eigenvalue weighted by Crippen LogP contribution is 2.31. The van der Waals surface area contributed by atoms with Crippen LogP contribution in [0.3, 0.4) is 0 Å². The molecule has 140 valence electrons. The molecule has 0 aliphatic rings. The maximum absolute atomic E-state index is 6.01. The van der Waals surface area contributed by atoms with Gasteiger partial charge in [-0.1, -0.05) is 46.7 Å².